The van der Waals surface area contributed by atoms with Crippen molar-refractivity contribution >= 4 is 17.3 Å². The van der Waals surface area contributed by atoms with Gasteiger partial charge in [-0.3, -0.25) is 5.32 Å². The molecule has 2 unspecified atom stereocenters. The molecule has 0 radical (unpaired) electrons. The molecule has 0 spiro atoms. The average Bonchev–Trinajstić information content (AvgIpc) is 2.53. The summed E-state index contributed by atoms with van der Waals surface area (Å²) in [4.78, 5) is 0. The third kappa shape index (κ3) is 1.13. The first kappa shape index (κ1) is 8.02. The average molecular weight is 206 g/mol. The van der Waals surface area contributed by atoms with Crippen LogP contribution in [-0.4, -0.2) is 17.4 Å². The molecule has 3 rings (SSSR count). The number of hydrogen-bond donors (Lipinski definition) is 4. The van der Waals surface area contributed by atoms with Gasteiger partial charge in [-0.25, -0.2) is 0 Å². The van der Waals surface area contributed by atoms with Crippen molar-refractivity contribution in [3.05, 3.63) is 35.7 Å². The van der Waals surface area contributed by atoms with Crippen molar-refractivity contribution in [2.45, 2.75) is 12.3 Å². The van der Waals surface area contributed by atoms with Crippen LogP contribution >= 0.6 is 12.2 Å². The van der Waals surface area contributed by atoms with Gasteiger partial charge in [-0.05, 0) is 36.1 Å². The fraction of sp³-hybridized carbons (Fsp3) is 0.222. The SMILES string of the molecule is S=C1NC2=CC3=CC=CNC3NC2N1. The molecule has 0 aromatic rings. The van der Waals surface area contributed by atoms with Crippen LogP contribution in [0, 0.1) is 0 Å². The van der Waals surface area contributed by atoms with E-state index in [0.717, 1.165) is 5.70 Å². The second kappa shape index (κ2) is 2.83. The molecule has 14 heavy (non-hydrogen) atoms. The Morgan fingerprint density at radius 2 is 2.21 bits per heavy atom. The van der Waals surface area contributed by atoms with Crippen LogP contribution in [0.3, 0.4) is 0 Å². The topological polar surface area (TPSA) is 48.1 Å². The number of allylic oxidation sites excluding steroid dienone is 2. The summed E-state index contributed by atoms with van der Waals surface area (Å²) in [7, 11) is 0. The number of nitrogens with one attached hydrogen (secondary N) is 4. The Hall–Kier alpha value is -1.33. The van der Waals surface area contributed by atoms with Gasteiger partial charge in [0, 0.05) is 0 Å². The molecule has 4 N–H and O–H groups in total. The Labute approximate surface area is 87.1 Å². The zero-order valence-electron chi connectivity index (χ0n) is 7.37. The molecule has 1 fully saturated rings. The lowest BCUT2D eigenvalue weighted by atomic mass is 10.0. The molecule has 2 atom stereocenters. The minimum atomic E-state index is 0.114. The Morgan fingerprint density at radius 1 is 1.29 bits per heavy atom. The summed E-state index contributed by atoms with van der Waals surface area (Å²) in [6.45, 7) is 0. The molecule has 3 aliphatic heterocycles. The molecule has 5 heteroatoms. The smallest absolute Gasteiger partial charge is 0.172 e. The fourth-order valence-electron chi connectivity index (χ4n) is 1.82. The monoisotopic (exact) mass is 206 g/mol. The Balaban J connectivity index is 1.97. The van der Waals surface area contributed by atoms with E-state index in [-0.39, 0.29) is 12.3 Å². The summed E-state index contributed by atoms with van der Waals surface area (Å²) in [5.41, 5.74) is 2.31. The molecule has 0 aromatic carbocycles. The lowest BCUT2D eigenvalue weighted by molar-refractivity contribution is 0.447. The van der Waals surface area contributed by atoms with Crippen molar-refractivity contribution < 1.29 is 0 Å². The highest BCUT2D eigenvalue weighted by molar-refractivity contribution is 7.80. The first-order chi connectivity index (χ1) is 6.83. The minimum Gasteiger partial charge on any atom is -0.372 e. The Bertz CT molecular complexity index is 382. The highest BCUT2D eigenvalue weighted by Crippen LogP contribution is 2.18. The maximum Gasteiger partial charge on any atom is 0.172 e. The van der Waals surface area contributed by atoms with Gasteiger partial charge in [0.2, 0.25) is 0 Å². The van der Waals surface area contributed by atoms with E-state index < -0.39 is 0 Å². The Kier molecular flexibility index (Phi) is 1.62. The summed E-state index contributed by atoms with van der Waals surface area (Å²) < 4.78 is 0. The summed E-state index contributed by atoms with van der Waals surface area (Å²) in [6, 6.07) is 0. The quantitative estimate of drug-likeness (QED) is 0.408. The maximum atomic E-state index is 5.04. The molecule has 0 aliphatic carbocycles. The van der Waals surface area contributed by atoms with Crippen LogP contribution in [-0.2, 0) is 0 Å². The summed E-state index contributed by atoms with van der Waals surface area (Å²) in [5, 5.41) is 13.6. The molecule has 0 bridgehead atoms. The third-order valence-electron chi connectivity index (χ3n) is 2.48. The minimum absolute atomic E-state index is 0.114. The Morgan fingerprint density at radius 3 is 3.14 bits per heavy atom. The zero-order valence-corrected chi connectivity index (χ0v) is 8.19. The van der Waals surface area contributed by atoms with E-state index in [9.17, 15) is 0 Å². The van der Waals surface area contributed by atoms with Gasteiger partial charge in [0.15, 0.2) is 5.11 Å². The van der Waals surface area contributed by atoms with Gasteiger partial charge in [0.1, 0.15) is 12.3 Å². The number of dihydropyridines is 1. The van der Waals surface area contributed by atoms with Crippen molar-refractivity contribution in [3.63, 3.8) is 0 Å². The van der Waals surface area contributed by atoms with Crippen molar-refractivity contribution in [1.29, 1.82) is 0 Å². The summed E-state index contributed by atoms with van der Waals surface area (Å²) in [5.74, 6) is 0. The van der Waals surface area contributed by atoms with Crippen molar-refractivity contribution in [3.8, 4) is 0 Å². The highest BCUT2D eigenvalue weighted by atomic mass is 32.1. The van der Waals surface area contributed by atoms with Crippen LogP contribution in [0.2, 0.25) is 0 Å². The van der Waals surface area contributed by atoms with Gasteiger partial charge < -0.3 is 16.0 Å². The lowest BCUT2D eigenvalue weighted by Gasteiger charge is -2.30. The van der Waals surface area contributed by atoms with Gasteiger partial charge in [-0.15, -0.1) is 0 Å². The number of thiocarbonyl (C=S) groups is 1. The van der Waals surface area contributed by atoms with Crippen LogP contribution in [0.25, 0.3) is 0 Å². The lowest BCUT2D eigenvalue weighted by Crippen LogP contribution is -2.53. The molecule has 0 aromatic heterocycles. The first-order valence-corrected chi connectivity index (χ1v) is 4.92. The van der Waals surface area contributed by atoms with Crippen LogP contribution in [0.15, 0.2) is 35.7 Å². The van der Waals surface area contributed by atoms with Crippen molar-refractivity contribution in [2.24, 2.45) is 0 Å². The largest absolute Gasteiger partial charge is 0.372 e. The number of rotatable bonds is 0. The molecule has 3 aliphatic rings. The molecule has 72 valence electrons. The number of hydrogen-bond acceptors (Lipinski definition) is 3. The third-order valence-corrected chi connectivity index (χ3v) is 2.70. The summed E-state index contributed by atoms with van der Waals surface area (Å²) >= 11 is 5.04. The van der Waals surface area contributed by atoms with Crippen molar-refractivity contribution in [1.82, 2.24) is 21.3 Å². The normalized spacial score (nSPS) is 33.0. The van der Waals surface area contributed by atoms with Gasteiger partial charge >= 0.3 is 0 Å². The van der Waals surface area contributed by atoms with Gasteiger partial charge in [0.25, 0.3) is 0 Å². The van der Waals surface area contributed by atoms with Crippen LogP contribution in [0.5, 0.6) is 0 Å². The van der Waals surface area contributed by atoms with Crippen LogP contribution < -0.4 is 21.3 Å². The van der Waals surface area contributed by atoms with E-state index >= 15 is 0 Å². The standard InChI is InChI=1S/C9H10N4S/c14-9-11-6-4-5-2-1-3-10-7(5)12-8(6)13-9/h1-4,7-8,10,12H,(H2,11,13,14). The van der Waals surface area contributed by atoms with Gasteiger partial charge in [0.05, 0.1) is 5.70 Å². The highest BCUT2D eigenvalue weighted by Gasteiger charge is 2.31. The first-order valence-electron chi connectivity index (χ1n) is 4.51. The van der Waals surface area contributed by atoms with E-state index in [1.165, 1.54) is 5.57 Å². The summed E-state index contributed by atoms with van der Waals surface area (Å²) in [6.07, 6.45) is 8.43. The predicted octanol–water partition coefficient (Wildman–Crippen LogP) is -0.353. The molecule has 0 saturated carbocycles. The molecular formula is C9H10N4S. The van der Waals surface area contributed by atoms with Gasteiger partial charge in [-0.1, -0.05) is 6.08 Å². The van der Waals surface area contributed by atoms with Gasteiger partial charge in [-0.2, -0.15) is 0 Å². The number of fused-ring (bicyclic) bond motifs is 2. The molecule has 0 amide bonds. The van der Waals surface area contributed by atoms with E-state index in [4.69, 9.17) is 12.2 Å². The molecule has 3 heterocycles. The molecule has 1 saturated heterocycles. The van der Waals surface area contributed by atoms with E-state index in [0.29, 0.717) is 5.11 Å². The van der Waals surface area contributed by atoms with Crippen LogP contribution in [0.4, 0.5) is 0 Å². The maximum absolute atomic E-state index is 5.04. The molecule has 4 nitrogen and oxygen atoms in total. The molecular weight excluding hydrogens is 196 g/mol. The van der Waals surface area contributed by atoms with Crippen molar-refractivity contribution in [2.75, 3.05) is 0 Å². The second-order valence-electron chi connectivity index (χ2n) is 3.42. The zero-order chi connectivity index (χ0) is 9.54. The predicted molar refractivity (Wildman–Crippen MR) is 58.0 cm³/mol. The van der Waals surface area contributed by atoms with E-state index in [1.807, 2.05) is 12.3 Å². The van der Waals surface area contributed by atoms with Crippen LogP contribution in [0.1, 0.15) is 0 Å². The van der Waals surface area contributed by atoms with E-state index in [1.54, 1.807) is 0 Å². The fourth-order valence-corrected chi connectivity index (χ4v) is 2.06. The second-order valence-corrected chi connectivity index (χ2v) is 3.83. The van der Waals surface area contributed by atoms with E-state index in [2.05, 4.69) is 33.4 Å².